The van der Waals surface area contributed by atoms with Crippen LogP contribution in [-0.2, 0) is 68.8 Å². The van der Waals surface area contributed by atoms with E-state index in [1.807, 2.05) is 18.2 Å². The Morgan fingerprint density at radius 2 is 1.34 bits per heavy atom. The van der Waals surface area contributed by atoms with E-state index in [0.29, 0.717) is 22.4 Å². The lowest BCUT2D eigenvalue weighted by Gasteiger charge is -2.30. The van der Waals surface area contributed by atoms with Gasteiger partial charge in [-0.05, 0) is 48.9 Å². The Hall–Kier alpha value is -9.09. The molecule has 6 rings (SSSR count). The number of carbonyl (C=O) groups is 9. The van der Waals surface area contributed by atoms with Gasteiger partial charge in [0.2, 0.25) is 53.2 Å². The number of nitrogens with zero attached hydrogens (tertiary/aromatic N) is 2. The van der Waals surface area contributed by atoms with E-state index in [9.17, 15) is 43.2 Å². The molecule has 3 aromatic carbocycles. The smallest absolute Gasteiger partial charge is 0.245 e. The molecule has 1 unspecified atom stereocenters. The number of hydrogen-bond acceptors (Lipinski definition) is 11. The van der Waals surface area contributed by atoms with E-state index in [1.54, 1.807) is 72.9 Å². The molecule has 1 aliphatic rings. The van der Waals surface area contributed by atoms with Gasteiger partial charge in [-0.15, -0.1) is 0 Å². The molecule has 1 fully saturated rings. The van der Waals surface area contributed by atoms with Gasteiger partial charge < -0.3 is 69.7 Å². The molecule has 8 atom stereocenters. The highest BCUT2D eigenvalue weighted by molar-refractivity contribution is 5.98. The number of benzene rings is 3. The summed E-state index contributed by atoms with van der Waals surface area (Å²) in [6.07, 6.45) is 3.34. The average Bonchev–Trinajstić information content (AvgIpc) is 4.07. The molecule has 5 aromatic rings. The predicted octanol–water partition coefficient (Wildman–Crippen LogP) is -1.59. The number of primary amides is 1. The van der Waals surface area contributed by atoms with Crippen molar-refractivity contribution in [2.75, 3.05) is 6.54 Å². The van der Waals surface area contributed by atoms with E-state index in [2.05, 4.69) is 62.5 Å². The summed E-state index contributed by atoms with van der Waals surface area (Å²) in [7, 11) is 0. The minimum Gasteiger partial charge on any atom is -0.370 e. The second-order valence-electron chi connectivity index (χ2n) is 18.5. The number of hydrogen-bond donors (Lipinski definition) is 13. The molecule has 9 amide bonds. The molecule has 1 saturated heterocycles. The zero-order valence-corrected chi connectivity index (χ0v) is 42.1. The molecule has 0 bridgehead atoms. The molecule has 402 valence electrons. The number of rotatable bonds is 18. The Balaban J connectivity index is 1.38. The van der Waals surface area contributed by atoms with Crippen LogP contribution in [0.1, 0.15) is 61.9 Å². The van der Waals surface area contributed by atoms with E-state index in [-0.39, 0.29) is 57.5 Å². The molecule has 24 heteroatoms. The number of nitrogens with two attached hydrogens (primary N) is 3. The van der Waals surface area contributed by atoms with Crippen molar-refractivity contribution < 1.29 is 43.2 Å². The number of para-hydroxylation sites is 1. The molecule has 0 spiro atoms. The van der Waals surface area contributed by atoms with Crippen LogP contribution in [0.3, 0.4) is 0 Å². The Morgan fingerprint density at radius 1 is 0.711 bits per heavy atom. The number of fused-ring (bicyclic) bond motifs is 1. The zero-order valence-electron chi connectivity index (χ0n) is 42.1. The van der Waals surface area contributed by atoms with E-state index in [4.69, 9.17) is 17.2 Å². The van der Waals surface area contributed by atoms with Gasteiger partial charge in [0.1, 0.15) is 42.3 Å². The number of aromatic amines is 2. The van der Waals surface area contributed by atoms with Gasteiger partial charge >= 0.3 is 0 Å². The van der Waals surface area contributed by atoms with Crippen LogP contribution in [0.2, 0.25) is 0 Å². The largest absolute Gasteiger partial charge is 0.370 e. The van der Waals surface area contributed by atoms with E-state index in [1.165, 1.54) is 26.4 Å². The maximum absolute atomic E-state index is 14.6. The van der Waals surface area contributed by atoms with Crippen molar-refractivity contribution in [1.29, 1.82) is 0 Å². The molecule has 76 heavy (non-hydrogen) atoms. The number of guanidine groups is 1. The summed E-state index contributed by atoms with van der Waals surface area (Å²) in [5.41, 5.74) is 20.1. The van der Waals surface area contributed by atoms with Crippen LogP contribution in [0, 0.1) is 0 Å². The van der Waals surface area contributed by atoms with Gasteiger partial charge in [-0.2, -0.15) is 0 Å². The third-order valence-corrected chi connectivity index (χ3v) is 12.6. The summed E-state index contributed by atoms with van der Waals surface area (Å²) < 4.78 is 0. The topological polar surface area (TPSA) is 385 Å². The van der Waals surface area contributed by atoms with Crippen molar-refractivity contribution in [2.45, 2.75) is 114 Å². The number of imidazole rings is 1. The maximum atomic E-state index is 14.6. The number of H-pyrrole nitrogens is 2. The van der Waals surface area contributed by atoms with Crippen LogP contribution >= 0.6 is 0 Å². The van der Waals surface area contributed by atoms with E-state index < -0.39 is 108 Å². The SMILES string of the molecule is CC(=O)N[C@H](Cc1ccccc1)C(=O)N[C@H]1CCC(=O)NC(C)[C@@H](C(=O)N[C@@H](Cc2c[nH]c3ccccc23)C(N)=O)NC(=O)[C@H](CCCN=C(N)N)NC(=O)[C@@H](Cc2ccccc2)NC(=O)[C@H](Cc2cnc[nH]2)NC1=O. The average molecular weight is 1040 g/mol. The number of amides is 9. The van der Waals surface area contributed by atoms with E-state index >= 15 is 0 Å². The van der Waals surface area contributed by atoms with Crippen molar-refractivity contribution in [3.8, 4) is 0 Å². The standard InChI is InChI=1S/C52H65N15O9/c1-29-44(51(76)64-39(45(53)70)24-33-26-58-36-17-10-9-16-35(33)36)67-47(72)37(18-11-21-57-52(54)55)62-49(74)41(23-32-14-7-4-8-15-32)65-50(75)42(25-34-27-56-28-59-34)66-46(71)38(19-20-43(69)60-29)63-48(73)40(61-30(2)68)22-31-12-5-3-6-13-31/h3-10,12-17,26-29,37-42,44,58H,11,18-25H2,1-2H3,(H2,53,70)(H,56,59)(H,60,69)(H,61,68)(H,62,74)(H,63,73)(H,64,76)(H,65,75)(H,66,71)(H,67,72)(H4,54,55,57)/t29?,37-,38-,39-,40+,41+,42-,44-/m0/s1. The van der Waals surface area contributed by atoms with Gasteiger partial charge in [0.15, 0.2) is 5.96 Å². The third kappa shape index (κ3) is 16.7. The Bertz CT molecular complexity index is 2860. The fourth-order valence-corrected chi connectivity index (χ4v) is 8.68. The first-order valence-electron chi connectivity index (χ1n) is 24.8. The number of nitrogens with one attached hydrogen (secondary N) is 10. The summed E-state index contributed by atoms with van der Waals surface area (Å²) in [5, 5.41) is 22.2. The van der Waals surface area contributed by atoms with Gasteiger partial charge in [0, 0.05) is 74.6 Å². The molecule has 16 N–H and O–H groups in total. The fourth-order valence-electron chi connectivity index (χ4n) is 8.68. The van der Waals surface area contributed by atoms with Gasteiger partial charge in [-0.1, -0.05) is 78.9 Å². The first-order valence-corrected chi connectivity index (χ1v) is 24.8. The quantitative estimate of drug-likeness (QED) is 0.0269. The number of carbonyl (C=O) groups excluding carboxylic acids is 9. The second kappa shape index (κ2) is 27.3. The maximum Gasteiger partial charge on any atom is 0.245 e. The molecule has 0 radical (unpaired) electrons. The lowest BCUT2D eigenvalue weighted by molar-refractivity contribution is -0.136. The summed E-state index contributed by atoms with van der Waals surface area (Å²) in [5.74, 6) is -7.61. The molecule has 0 saturated carbocycles. The fraction of sp³-hybridized carbons (Fsp3) is 0.365. The van der Waals surface area contributed by atoms with Crippen LogP contribution in [0.4, 0.5) is 0 Å². The third-order valence-electron chi connectivity index (χ3n) is 12.6. The first-order chi connectivity index (χ1) is 36.4. The normalized spacial score (nSPS) is 20.6. The molecule has 1 aliphatic heterocycles. The monoisotopic (exact) mass is 1040 g/mol. The van der Waals surface area contributed by atoms with Gasteiger partial charge in [-0.25, -0.2) is 4.98 Å². The minimum absolute atomic E-state index is 0.0268. The summed E-state index contributed by atoms with van der Waals surface area (Å²) in [6.45, 7) is 2.69. The Morgan fingerprint density at radius 3 is 2.00 bits per heavy atom. The molecule has 24 nitrogen and oxygen atoms in total. The predicted molar refractivity (Wildman–Crippen MR) is 280 cm³/mol. The van der Waals surface area contributed by atoms with Gasteiger partial charge in [0.25, 0.3) is 0 Å². The van der Waals surface area contributed by atoms with Crippen LogP contribution in [0.25, 0.3) is 10.9 Å². The molecular weight excluding hydrogens is 979 g/mol. The van der Waals surface area contributed by atoms with Crippen LogP contribution in [0.5, 0.6) is 0 Å². The van der Waals surface area contributed by atoms with Crippen molar-refractivity contribution in [2.24, 2.45) is 22.2 Å². The zero-order chi connectivity index (χ0) is 54.7. The Kier molecular flexibility index (Phi) is 20.2. The lowest BCUT2D eigenvalue weighted by Crippen LogP contribution is -2.63. The van der Waals surface area contributed by atoms with Crippen LogP contribution in [-0.4, -0.2) is 129 Å². The number of aliphatic imine (C=N–C) groups is 1. The highest BCUT2D eigenvalue weighted by atomic mass is 16.2. The lowest BCUT2D eigenvalue weighted by atomic mass is 10.0. The molecule has 2 aromatic heterocycles. The summed E-state index contributed by atoms with van der Waals surface area (Å²) >= 11 is 0. The van der Waals surface area contributed by atoms with Gasteiger partial charge in [0.05, 0.1) is 12.4 Å². The van der Waals surface area contributed by atoms with E-state index in [0.717, 1.165) is 10.9 Å². The highest BCUT2D eigenvalue weighted by Gasteiger charge is 2.37. The highest BCUT2D eigenvalue weighted by Crippen LogP contribution is 2.20. The minimum atomic E-state index is -1.64. The van der Waals surface area contributed by atoms with Crippen molar-refractivity contribution in [3.05, 3.63) is 126 Å². The van der Waals surface area contributed by atoms with Crippen molar-refractivity contribution >= 4 is 70.0 Å². The molecule has 0 aliphatic carbocycles. The summed E-state index contributed by atoms with van der Waals surface area (Å²) in [4.78, 5) is 140. The van der Waals surface area contributed by atoms with Crippen molar-refractivity contribution in [1.82, 2.24) is 57.5 Å². The number of aromatic nitrogens is 3. The Labute approximate surface area is 437 Å². The van der Waals surface area contributed by atoms with Crippen molar-refractivity contribution in [3.63, 3.8) is 0 Å². The summed E-state index contributed by atoms with van der Waals surface area (Å²) in [6, 6.07) is 13.6. The van der Waals surface area contributed by atoms with Gasteiger partial charge in [-0.3, -0.25) is 48.1 Å². The van der Waals surface area contributed by atoms with Crippen LogP contribution < -0.4 is 59.7 Å². The molecular formula is C52H65N15O9. The first kappa shape index (κ1) is 56.2. The second-order valence-corrected chi connectivity index (χ2v) is 18.5. The molecule has 3 heterocycles. The van der Waals surface area contributed by atoms with Crippen LogP contribution in [0.15, 0.2) is 109 Å².